The van der Waals surface area contributed by atoms with E-state index in [1.165, 1.54) is 25.0 Å². The summed E-state index contributed by atoms with van der Waals surface area (Å²) in [5.41, 5.74) is 2.31. The zero-order chi connectivity index (χ0) is 12.0. The van der Waals surface area contributed by atoms with Gasteiger partial charge in [0.05, 0.1) is 11.8 Å². The zero-order valence-corrected chi connectivity index (χ0v) is 10.8. The first kappa shape index (κ1) is 11.3. The molecule has 0 bridgehead atoms. The van der Waals surface area contributed by atoms with Crippen LogP contribution in [0, 0.1) is 17.8 Å². The van der Waals surface area contributed by atoms with Gasteiger partial charge in [0.2, 0.25) is 0 Å². The van der Waals surface area contributed by atoms with Crippen molar-refractivity contribution < 1.29 is 5.11 Å². The first-order chi connectivity index (χ1) is 8.20. The van der Waals surface area contributed by atoms with E-state index in [2.05, 4.69) is 18.1 Å². The summed E-state index contributed by atoms with van der Waals surface area (Å²) in [5.74, 6) is 2.26. The molecule has 3 rings (SSSR count). The van der Waals surface area contributed by atoms with E-state index >= 15 is 0 Å². The van der Waals surface area contributed by atoms with Gasteiger partial charge >= 0.3 is 0 Å². The second-order valence-electron chi connectivity index (χ2n) is 5.71. The molecule has 0 aliphatic heterocycles. The van der Waals surface area contributed by atoms with Crippen molar-refractivity contribution in [2.45, 2.75) is 45.1 Å². The summed E-state index contributed by atoms with van der Waals surface area (Å²) >= 11 is 0. The third-order valence-electron chi connectivity index (χ3n) is 4.72. The molecule has 2 aliphatic rings. The van der Waals surface area contributed by atoms with E-state index in [-0.39, 0.29) is 6.10 Å². The topological polar surface area (TPSA) is 38.0 Å². The smallest absolute Gasteiger partial charge is 0.0629 e. The van der Waals surface area contributed by atoms with Crippen LogP contribution in [0.3, 0.4) is 0 Å². The average Bonchev–Trinajstić information content (AvgIpc) is 2.67. The summed E-state index contributed by atoms with van der Waals surface area (Å²) in [4.78, 5) is 0. The third-order valence-corrected chi connectivity index (χ3v) is 4.72. The van der Waals surface area contributed by atoms with Crippen LogP contribution in [0.2, 0.25) is 0 Å². The molecule has 94 valence electrons. The van der Waals surface area contributed by atoms with E-state index in [1.54, 1.807) is 0 Å². The van der Waals surface area contributed by atoms with Gasteiger partial charge in [-0.25, -0.2) is 0 Å². The largest absolute Gasteiger partial charge is 0.392 e. The number of hydrogen-bond donors (Lipinski definition) is 1. The Morgan fingerprint density at radius 2 is 2.18 bits per heavy atom. The molecule has 3 unspecified atom stereocenters. The van der Waals surface area contributed by atoms with E-state index in [0.29, 0.717) is 5.92 Å². The monoisotopic (exact) mass is 234 g/mol. The van der Waals surface area contributed by atoms with E-state index in [4.69, 9.17) is 0 Å². The molecule has 1 aromatic rings. The molecular weight excluding hydrogens is 212 g/mol. The summed E-state index contributed by atoms with van der Waals surface area (Å²) in [6.07, 6.45) is 5.67. The second-order valence-corrected chi connectivity index (χ2v) is 5.71. The molecular formula is C14H22N2O. The number of rotatable bonds is 4. The Kier molecular flexibility index (Phi) is 2.74. The predicted molar refractivity (Wildman–Crippen MR) is 66.6 cm³/mol. The SMILES string of the molecule is CCc1cc(CC(O)C2C3CCCC32)n(C)n1. The number of fused-ring (bicyclic) bond motifs is 1. The second kappa shape index (κ2) is 4.13. The standard InChI is InChI=1S/C14H22N2O/c1-3-9-7-10(16(2)15-9)8-13(17)14-11-5-4-6-12(11)14/h7,11-14,17H,3-6,8H2,1-2H3. The fraction of sp³-hybridized carbons (Fsp3) is 0.786. The molecule has 3 atom stereocenters. The first-order valence-corrected chi connectivity index (χ1v) is 6.90. The minimum Gasteiger partial charge on any atom is -0.392 e. The molecule has 17 heavy (non-hydrogen) atoms. The predicted octanol–water partition coefficient (Wildman–Crippen LogP) is 1.93. The Balaban J connectivity index is 1.64. The maximum Gasteiger partial charge on any atom is 0.0629 e. The zero-order valence-electron chi connectivity index (χ0n) is 10.8. The van der Waals surface area contributed by atoms with Gasteiger partial charge in [0.25, 0.3) is 0 Å². The minimum absolute atomic E-state index is 0.148. The van der Waals surface area contributed by atoms with Crippen molar-refractivity contribution in [3.05, 3.63) is 17.5 Å². The quantitative estimate of drug-likeness (QED) is 0.864. The van der Waals surface area contributed by atoms with Gasteiger partial charge in [-0.1, -0.05) is 13.3 Å². The lowest BCUT2D eigenvalue weighted by Gasteiger charge is -2.12. The van der Waals surface area contributed by atoms with E-state index in [1.807, 2.05) is 11.7 Å². The lowest BCUT2D eigenvalue weighted by Crippen LogP contribution is -2.18. The van der Waals surface area contributed by atoms with Crippen LogP contribution >= 0.6 is 0 Å². The minimum atomic E-state index is -0.148. The lowest BCUT2D eigenvalue weighted by atomic mass is 10.0. The van der Waals surface area contributed by atoms with Gasteiger partial charge in [-0.3, -0.25) is 4.68 Å². The van der Waals surface area contributed by atoms with Gasteiger partial charge in [0.15, 0.2) is 0 Å². The maximum absolute atomic E-state index is 10.3. The van der Waals surface area contributed by atoms with Gasteiger partial charge in [0.1, 0.15) is 0 Å². The fourth-order valence-electron chi connectivity index (χ4n) is 3.73. The Bertz CT molecular complexity index is 402. The highest BCUT2D eigenvalue weighted by molar-refractivity contribution is 5.13. The van der Waals surface area contributed by atoms with Crippen LogP contribution < -0.4 is 0 Å². The number of aromatic nitrogens is 2. The Morgan fingerprint density at radius 1 is 1.47 bits per heavy atom. The van der Waals surface area contributed by atoms with Crippen molar-refractivity contribution in [1.29, 1.82) is 0 Å². The number of aliphatic hydroxyl groups is 1. The molecule has 1 heterocycles. The third kappa shape index (κ3) is 1.90. The van der Waals surface area contributed by atoms with Gasteiger partial charge in [0, 0.05) is 19.2 Å². The highest BCUT2D eigenvalue weighted by Crippen LogP contribution is 2.59. The van der Waals surface area contributed by atoms with Gasteiger partial charge in [-0.15, -0.1) is 0 Å². The molecule has 3 heteroatoms. The molecule has 1 N–H and O–H groups in total. The van der Waals surface area contributed by atoms with Crippen LogP contribution in [0.15, 0.2) is 6.07 Å². The van der Waals surface area contributed by atoms with Crippen molar-refractivity contribution in [1.82, 2.24) is 9.78 Å². The summed E-state index contributed by atoms with van der Waals surface area (Å²) in [6.45, 7) is 2.12. The highest BCUT2D eigenvalue weighted by Gasteiger charge is 2.55. The van der Waals surface area contributed by atoms with Crippen molar-refractivity contribution >= 4 is 0 Å². The number of hydrogen-bond acceptors (Lipinski definition) is 2. The molecule has 2 aliphatic carbocycles. The molecule has 2 saturated carbocycles. The van der Waals surface area contributed by atoms with Gasteiger partial charge in [-0.2, -0.15) is 5.10 Å². The normalized spacial score (nSPS) is 32.5. The van der Waals surface area contributed by atoms with Crippen LogP contribution in [0.25, 0.3) is 0 Å². The first-order valence-electron chi connectivity index (χ1n) is 6.90. The molecule has 2 fully saturated rings. The molecule has 0 spiro atoms. The van der Waals surface area contributed by atoms with Crippen LogP contribution in [0.1, 0.15) is 37.6 Å². The summed E-state index contributed by atoms with van der Waals surface area (Å²) in [6, 6.07) is 2.14. The maximum atomic E-state index is 10.3. The molecule has 0 amide bonds. The Morgan fingerprint density at radius 3 is 2.76 bits per heavy atom. The molecule has 3 nitrogen and oxygen atoms in total. The van der Waals surface area contributed by atoms with Gasteiger partial charge < -0.3 is 5.11 Å². The van der Waals surface area contributed by atoms with Crippen molar-refractivity contribution in [2.24, 2.45) is 24.8 Å². The highest BCUT2D eigenvalue weighted by atomic mass is 16.3. The van der Waals surface area contributed by atoms with Crippen molar-refractivity contribution in [3.8, 4) is 0 Å². The van der Waals surface area contributed by atoms with Gasteiger partial charge in [-0.05, 0) is 43.1 Å². The van der Waals surface area contributed by atoms with Crippen molar-refractivity contribution in [2.75, 3.05) is 0 Å². The van der Waals surface area contributed by atoms with Crippen molar-refractivity contribution in [3.63, 3.8) is 0 Å². The molecule has 0 radical (unpaired) electrons. The van der Waals surface area contributed by atoms with E-state index in [9.17, 15) is 5.11 Å². The Labute approximate surface area is 103 Å². The van der Waals surface area contributed by atoms with E-state index in [0.717, 1.165) is 30.4 Å². The van der Waals surface area contributed by atoms with Crippen LogP contribution in [0.4, 0.5) is 0 Å². The van der Waals surface area contributed by atoms with Crippen LogP contribution in [0.5, 0.6) is 0 Å². The molecule has 0 saturated heterocycles. The number of aryl methyl sites for hydroxylation is 2. The summed E-state index contributed by atoms with van der Waals surface area (Å²) < 4.78 is 1.93. The summed E-state index contributed by atoms with van der Waals surface area (Å²) in [7, 11) is 1.98. The molecule has 1 aromatic heterocycles. The number of nitrogens with zero attached hydrogens (tertiary/aromatic N) is 2. The fourth-order valence-corrected chi connectivity index (χ4v) is 3.73. The van der Waals surface area contributed by atoms with E-state index < -0.39 is 0 Å². The summed E-state index contributed by atoms with van der Waals surface area (Å²) in [5, 5.41) is 14.8. The molecule has 0 aromatic carbocycles. The lowest BCUT2D eigenvalue weighted by molar-refractivity contribution is 0.133. The van der Waals surface area contributed by atoms with Crippen LogP contribution in [-0.2, 0) is 19.9 Å². The Hall–Kier alpha value is -0.830. The van der Waals surface area contributed by atoms with Crippen LogP contribution in [-0.4, -0.2) is 21.0 Å². The average molecular weight is 234 g/mol. The number of aliphatic hydroxyl groups excluding tert-OH is 1.